The average Bonchev–Trinajstić information content (AvgIpc) is 2.41. The summed E-state index contributed by atoms with van der Waals surface area (Å²) < 4.78 is 0. The van der Waals surface area contributed by atoms with Crippen LogP contribution in [0.15, 0.2) is 30.3 Å². The molecule has 1 aliphatic rings. The zero-order valence-corrected chi connectivity index (χ0v) is 12.5. The number of amides is 1. The molecule has 2 rings (SSSR count). The Balaban J connectivity index is 0.00000180. The second-order valence-electron chi connectivity index (χ2n) is 4.96. The Labute approximate surface area is 121 Å². The van der Waals surface area contributed by atoms with Crippen molar-refractivity contribution in [3.05, 3.63) is 35.9 Å². The Morgan fingerprint density at radius 1 is 1.42 bits per heavy atom. The number of hydrogen-bond donors (Lipinski definition) is 1. The molecular formula is C15H23ClN2O. The van der Waals surface area contributed by atoms with Crippen molar-refractivity contribution in [2.45, 2.75) is 32.2 Å². The maximum atomic E-state index is 12.6. The minimum absolute atomic E-state index is 0. The largest absolute Gasteiger partial charge is 0.337 e. The summed E-state index contributed by atoms with van der Waals surface area (Å²) in [6.07, 6.45) is 0.861. The SMILES string of the molecule is CCC(C(=O)N1CCNCC1C)c1ccccc1.Cl. The molecule has 2 unspecified atom stereocenters. The van der Waals surface area contributed by atoms with Crippen LogP contribution in [0, 0.1) is 0 Å². The van der Waals surface area contributed by atoms with Crippen molar-refractivity contribution in [3.8, 4) is 0 Å². The first-order valence-electron chi connectivity index (χ1n) is 6.80. The fraction of sp³-hybridized carbons (Fsp3) is 0.533. The molecule has 0 bridgehead atoms. The van der Waals surface area contributed by atoms with Crippen LogP contribution in [0.25, 0.3) is 0 Å². The Morgan fingerprint density at radius 2 is 2.11 bits per heavy atom. The number of halogens is 1. The Hall–Kier alpha value is -1.06. The zero-order valence-electron chi connectivity index (χ0n) is 11.6. The number of carbonyl (C=O) groups is 1. The lowest BCUT2D eigenvalue weighted by molar-refractivity contribution is -0.135. The number of piperazine rings is 1. The number of hydrogen-bond acceptors (Lipinski definition) is 2. The highest BCUT2D eigenvalue weighted by Gasteiger charge is 2.28. The average molecular weight is 283 g/mol. The molecule has 0 spiro atoms. The number of nitrogens with zero attached hydrogens (tertiary/aromatic N) is 1. The highest BCUT2D eigenvalue weighted by atomic mass is 35.5. The van der Waals surface area contributed by atoms with E-state index in [1.54, 1.807) is 0 Å². The van der Waals surface area contributed by atoms with Gasteiger partial charge >= 0.3 is 0 Å². The van der Waals surface area contributed by atoms with Gasteiger partial charge in [0.2, 0.25) is 5.91 Å². The van der Waals surface area contributed by atoms with E-state index in [1.165, 1.54) is 0 Å². The number of carbonyl (C=O) groups excluding carboxylic acids is 1. The van der Waals surface area contributed by atoms with Crippen LogP contribution in [-0.4, -0.2) is 36.5 Å². The van der Waals surface area contributed by atoms with Crippen LogP contribution >= 0.6 is 12.4 Å². The first-order valence-corrected chi connectivity index (χ1v) is 6.80. The molecule has 106 valence electrons. The number of benzene rings is 1. The fourth-order valence-corrected chi connectivity index (χ4v) is 2.61. The van der Waals surface area contributed by atoms with Gasteiger partial charge in [-0.05, 0) is 18.9 Å². The molecular weight excluding hydrogens is 260 g/mol. The van der Waals surface area contributed by atoms with Crippen LogP contribution < -0.4 is 5.32 Å². The minimum Gasteiger partial charge on any atom is -0.337 e. The summed E-state index contributed by atoms with van der Waals surface area (Å²) in [6, 6.07) is 10.4. The van der Waals surface area contributed by atoms with E-state index in [4.69, 9.17) is 0 Å². The molecule has 2 atom stereocenters. The van der Waals surface area contributed by atoms with E-state index in [-0.39, 0.29) is 24.2 Å². The van der Waals surface area contributed by atoms with E-state index < -0.39 is 0 Å². The lowest BCUT2D eigenvalue weighted by Crippen LogP contribution is -2.53. The molecule has 0 radical (unpaired) electrons. The molecule has 19 heavy (non-hydrogen) atoms. The van der Waals surface area contributed by atoms with E-state index in [9.17, 15) is 4.79 Å². The van der Waals surface area contributed by atoms with E-state index in [0.717, 1.165) is 31.6 Å². The van der Waals surface area contributed by atoms with Gasteiger partial charge in [0, 0.05) is 25.7 Å². The van der Waals surface area contributed by atoms with Gasteiger partial charge in [0.15, 0.2) is 0 Å². The van der Waals surface area contributed by atoms with Crippen molar-refractivity contribution in [1.29, 1.82) is 0 Å². The maximum Gasteiger partial charge on any atom is 0.230 e. The van der Waals surface area contributed by atoms with Gasteiger partial charge in [-0.3, -0.25) is 4.79 Å². The van der Waals surface area contributed by atoms with Crippen LogP contribution in [0.3, 0.4) is 0 Å². The summed E-state index contributed by atoms with van der Waals surface area (Å²) in [5, 5.41) is 3.32. The highest BCUT2D eigenvalue weighted by molar-refractivity contribution is 5.85. The van der Waals surface area contributed by atoms with Gasteiger partial charge in [0.05, 0.1) is 5.92 Å². The van der Waals surface area contributed by atoms with Crippen LogP contribution in [0.1, 0.15) is 31.7 Å². The van der Waals surface area contributed by atoms with Crippen LogP contribution in [0.2, 0.25) is 0 Å². The van der Waals surface area contributed by atoms with Crippen LogP contribution in [0.5, 0.6) is 0 Å². The Kier molecular flexibility index (Phi) is 6.32. The fourth-order valence-electron chi connectivity index (χ4n) is 2.61. The second kappa shape index (κ2) is 7.51. The van der Waals surface area contributed by atoms with Gasteiger partial charge in [0.1, 0.15) is 0 Å². The van der Waals surface area contributed by atoms with Crippen molar-refractivity contribution in [2.24, 2.45) is 0 Å². The standard InChI is InChI=1S/C15H22N2O.ClH/c1-3-14(13-7-5-4-6-8-13)15(18)17-10-9-16-11-12(17)2;/h4-8,12,14,16H,3,9-11H2,1-2H3;1H. The molecule has 3 nitrogen and oxygen atoms in total. The van der Waals surface area contributed by atoms with Gasteiger partial charge < -0.3 is 10.2 Å². The molecule has 0 aromatic heterocycles. The molecule has 0 aliphatic carbocycles. The predicted octanol–water partition coefficient (Wildman–Crippen LogP) is 2.42. The summed E-state index contributed by atoms with van der Waals surface area (Å²) in [5.41, 5.74) is 1.13. The maximum absolute atomic E-state index is 12.6. The normalized spacial score (nSPS) is 20.5. The van der Waals surface area contributed by atoms with Crippen molar-refractivity contribution >= 4 is 18.3 Å². The van der Waals surface area contributed by atoms with Crippen molar-refractivity contribution in [3.63, 3.8) is 0 Å². The number of nitrogens with one attached hydrogen (secondary N) is 1. The molecule has 1 amide bonds. The molecule has 4 heteroatoms. The monoisotopic (exact) mass is 282 g/mol. The lowest BCUT2D eigenvalue weighted by Gasteiger charge is -2.36. The molecule has 1 aromatic rings. The van der Waals surface area contributed by atoms with Gasteiger partial charge in [-0.2, -0.15) is 0 Å². The van der Waals surface area contributed by atoms with Gasteiger partial charge in [0.25, 0.3) is 0 Å². The summed E-state index contributed by atoms with van der Waals surface area (Å²) >= 11 is 0. The Bertz CT molecular complexity index is 396. The summed E-state index contributed by atoms with van der Waals surface area (Å²) in [5.74, 6) is 0.282. The first kappa shape index (κ1) is 16.0. The van der Waals surface area contributed by atoms with E-state index in [2.05, 4.69) is 31.3 Å². The quantitative estimate of drug-likeness (QED) is 0.923. The topological polar surface area (TPSA) is 32.3 Å². The highest BCUT2D eigenvalue weighted by Crippen LogP contribution is 2.23. The van der Waals surface area contributed by atoms with Crippen molar-refractivity contribution < 1.29 is 4.79 Å². The molecule has 1 fully saturated rings. The van der Waals surface area contributed by atoms with Gasteiger partial charge in [-0.15, -0.1) is 12.4 Å². The van der Waals surface area contributed by atoms with E-state index >= 15 is 0 Å². The summed E-state index contributed by atoms with van der Waals surface area (Å²) in [7, 11) is 0. The van der Waals surface area contributed by atoms with Crippen molar-refractivity contribution in [1.82, 2.24) is 10.2 Å². The molecule has 1 heterocycles. The number of rotatable bonds is 3. The molecule has 0 saturated carbocycles. The first-order chi connectivity index (χ1) is 8.74. The van der Waals surface area contributed by atoms with Gasteiger partial charge in [-0.25, -0.2) is 0 Å². The third-order valence-corrected chi connectivity index (χ3v) is 3.69. The zero-order chi connectivity index (χ0) is 13.0. The molecule has 1 aliphatic heterocycles. The Morgan fingerprint density at radius 3 is 2.68 bits per heavy atom. The molecule has 1 aromatic carbocycles. The lowest BCUT2D eigenvalue weighted by atomic mass is 9.94. The molecule has 1 saturated heterocycles. The van der Waals surface area contributed by atoms with Crippen molar-refractivity contribution in [2.75, 3.05) is 19.6 Å². The third-order valence-electron chi connectivity index (χ3n) is 3.69. The van der Waals surface area contributed by atoms with E-state index in [1.807, 2.05) is 23.1 Å². The second-order valence-corrected chi connectivity index (χ2v) is 4.96. The van der Waals surface area contributed by atoms with E-state index in [0.29, 0.717) is 6.04 Å². The van der Waals surface area contributed by atoms with Gasteiger partial charge in [-0.1, -0.05) is 37.3 Å². The summed E-state index contributed by atoms with van der Waals surface area (Å²) in [6.45, 7) is 6.83. The third kappa shape index (κ3) is 3.71. The predicted molar refractivity (Wildman–Crippen MR) is 80.8 cm³/mol. The van der Waals surface area contributed by atoms with Crippen LogP contribution in [-0.2, 0) is 4.79 Å². The van der Waals surface area contributed by atoms with Crippen LogP contribution in [0.4, 0.5) is 0 Å². The minimum atomic E-state index is 0. The summed E-state index contributed by atoms with van der Waals surface area (Å²) in [4.78, 5) is 14.7. The molecule has 1 N–H and O–H groups in total. The smallest absolute Gasteiger partial charge is 0.230 e.